The fraction of sp³-hybridized carbons (Fsp3) is 0.333. The lowest BCUT2D eigenvalue weighted by molar-refractivity contribution is -0.149. The molecule has 45 heavy (non-hydrogen) atoms. The van der Waals surface area contributed by atoms with Crippen LogP contribution in [0.4, 0.5) is 26.3 Å². The van der Waals surface area contributed by atoms with Gasteiger partial charge in [0.1, 0.15) is 34.4 Å². The van der Waals surface area contributed by atoms with E-state index in [0.29, 0.717) is 23.0 Å². The van der Waals surface area contributed by atoms with E-state index in [1.165, 1.54) is 26.2 Å². The second-order valence-electron chi connectivity index (χ2n) is 10.4. The Morgan fingerprint density at radius 2 is 1.84 bits per heavy atom. The molecule has 2 heterocycles. The molecule has 1 aliphatic rings. The van der Waals surface area contributed by atoms with E-state index < -0.39 is 77.0 Å². The van der Waals surface area contributed by atoms with E-state index in [1.54, 1.807) is 10.9 Å². The second-order valence-corrected chi connectivity index (χ2v) is 10.4. The molecular weight excluding hydrogens is 608 g/mol. The number of nitrogens with zero attached hydrogens (tertiary/aromatic N) is 3. The number of nitrogens with one attached hydrogen (secondary N) is 1. The second kappa shape index (κ2) is 12.3. The van der Waals surface area contributed by atoms with Crippen LogP contribution in [0.1, 0.15) is 53.3 Å². The van der Waals surface area contributed by atoms with Crippen molar-refractivity contribution in [3.05, 3.63) is 70.8 Å². The Morgan fingerprint density at radius 3 is 2.47 bits per heavy atom. The van der Waals surface area contributed by atoms with Gasteiger partial charge < -0.3 is 20.5 Å². The number of hydrogen-bond donors (Lipinski definition) is 2. The minimum atomic E-state index is -5.05. The van der Waals surface area contributed by atoms with Gasteiger partial charge in [-0.2, -0.15) is 18.3 Å². The molecule has 238 valence electrons. The number of amides is 2. The Morgan fingerprint density at radius 1 is 1.13 bits per heavy atom. The van der Waals surface area contributed by atoms with Gasteiger partial charge in [0, 0.05) is 29.3 Å². The van der Waals surface area contributed by atoms with Gasteiger partial charge in [0.05, 0.1) is 37.4 Å². The van der Waals surface area contributed by atoms with E-state index in [1.807, 2.05) is 0 Å². The van der Waals surface area contributed by atoms with Crippen molar-refractivity contribution in [3.63, 3.8) is 0 Å². The molecule has 2 aromatic carbocycles. The zero-order valence-electron chi connectivity index (χ0n) is 24.0. The van der Waals surface area contributed by atoms with Crippen molar-refractivity contribution in [1.29, 1.82) is 0 Å². The number of hydrogen-bond acceptors (Lipinski definition) is 6. The molecule has 0 saturated heterocycles. The van der Waals surface area contributed by atoms with Crippen molar-refractivity contribution in [2.45, 2.75) is 44.3 Å². The molecule has 2 amide bonds. The number of fused-ring (bicyclic) bond motifs is 1. The first-order valence-electron chi connectivity index (χ1n) is 13.8. The Hall–Kier alpha value is -4.82. The Balaban J connectivity index is 1.55. The maximum Gasteiger partial charge on any atom is 0.398 e. The van der Waals surface area contributed by atoms with Crippen molar-refractivity contribution >= 4 is 22.7 Å². The standard InChI is InChI=1S/C30H27F6N5O4/c1-3-45-28-14(11-23(37)42)9-21(39-27(28)24-19(31)6-7-20(32)25(24)33)18(30(34,35)36)12-38-29(43)15-8-16-13-41(17-4-5-17)40-26(16)22(10-15)44-2/h6-10,13,17-18H,3-5,11-12H2,1-2H3,(H2,37,42)(H,38,43)/t18-/m1/s1. The topological polar surface area (TPSA) is 121 Å². The van der Waals surface area contributed by atoms with Gasteiger partial charge in [-0.1, -0.05) is 0 Å². The van der Waals surface area contributed by atoms with Crippen molar-refractivity contribution in [2.24, 2.45) is 5.73 Å². The summed E-state index contributed by atoms with van der Waals surface area (Å²) >= 11 is 0. The number of methoxy groups -OCH3 is 1. The van der Waals surface area contributed by atoms with Gasteiger partial charge in [0.2, 0.25) is 5.91 Å². The van der Waals surface area contributed by atoms with Gasteiger partial charge in [-0.3, -0.25) is 14.3 Å². The number of nitrogens with two attached hydrogens (primary N) is 1. The zero-order valence-corrected chi connectivity index (χ0v) is 24.0. The number of aromatic nitrogens is 3. The number of ether oxygens (including phenoxy) is 2. The van der Waals surface area contributed by atoms with Crippen LogP contribution in [0.3, 0.4) is 0 Å². The van der Waals surface area contributed by atoms with Crippen LogP contribution in [-0.4, -0.2) is 53.0 Å². The minimum absolute atomic E-state index is 0.00529. The van der Waals surface area contributed by atoms with Gasteiger partial charge in [0.25, 0.3) is 5.91 Å². The van der Waals surface area contributed by atoms with Gasteiger partial charge >= 0.3 is 6.18 Å². The van der Waals surface area contributed by atoms with Crippen molar-refractivity contribution in [3.8, 4) is 22.8 Å². The molecule has 3 N–H and O–H groups in total. The first-order chi connectivity index (χ1) is 21.3. The van der Waals surface area contributed by atoms with Crippen LogP contribution < -0.4 is 20.5 Å². The van der Waals surface area contributed by atoms with E-state index in [9.17, 15) is 35.9 Å². The number of primary amides is 1. The zero-order chi connectivity index (χ0) is 32.6. The van der Waals surface area contributed by atoms with E-state index in [0.717, 1.165) is 18.9 Å². The summed E-state index contributed by atoms with van der Waals surface area (Å²) in [5.41, 5.74) is 2.80. The van der Waals surface area contributed by atoms with E-state index in [4.69, 9.17) is 15.2 Å². The highest BCUT2D eigenvalue weighted by molar-refractivity contribution is 5.99. The normalized spacial score (nSPS) is 14.0. The highest BCUT2D eigenvalue weighted by Crippen LogP contribution is 2.41. The number of benzene rings is 2. The quantitative estimate of drug-likeness (QED) is 0.169. The minimum Gasteiger partial charge on any atom is -0.494 e. The van der Waals surface area contributed by atoms with Crippen molar-refractivity contribution in [2.75, 3.05) is 20.3 Å². The van der Waals surface area contributed by atoms with Crippen molar-refractivity contribution < 1.29 is 45.4 Å². The molecule has 4 aromatic rings. The largest absolute Gasteiger partial charge is 0.494 e. The van der Waals surface area contributed by atoms with Crippen LogP contribution in [0, 0.1) is 17.5 Å². The predicted octanol–water partition coefficient (Wildman–Crippen LogP) is 5.36. The smallest absolute Gasteiger partial charge is 0.398 e. The molecule has 5 rings (SSSR count). The average molecular weight is 636 g/mol. The molecule has 9 nitrogen and oxygen atoms in total. The fourth-order valence-corrected chi connectivity index (χ4v) is 4.94. The molecule has 1 atom stereocenters. The molecule has 1 saturated carbocycles. The van der Waals surface area contributed by atoms with Gasteiger partial charge in [-0.15, -0.1) is 0 Å². The highest BCUT2D eigenvalue weighted by atomic mass is 19.4. The number of carbonyl (C=O) groups is 2. The van der Waals surface area contributed by atoms with Gasteiger partial charge in [-0.25, -0.2) is 18.2 Å². The summed E-state index contributed by atoms with van der Waals surface area (Å²) in [6, 6.07) is 4.98. The summed E-state index contributed by atoms with van der Waals surface area (Å²) in [6.07, 6.45) is -2.13. The monoisotopic (exact) mass is 635 g/mol. The van der Waals surface area contributed by atoms with Crippen molar-refractivity contribution in [1.82, 2.24) is 20.1 Å². The summed E-state index contributed by atoms with van der Waals surface area (Å²) in [7, 11) is 1.37. The molecule has 1 aliphatic carbocycles. The molecule has 15 heteroatoms. The lowest BCUT2D eigenvalue weighted by atomic mass is 9.97. The number of carbonyl (C=O) groups excluding carboxylic acids is 2. The maximum atomic E-state index is 14.9. The van der Waals surface area contributed by atoms with E-state index in [-0.39, 0.29) is 29.5 Å². The lowest BCUT2D eigenvalue weighted by Crippen LogP contribution is -2.35. The first-order valence-corrected chi connectivity index (χ1v) is 13.8. The summed E-state index contributed by atoms with van der Waals surface area (Å²) < 4.78 is 100. The SMILES string of the molecule is CCOc1c(CC(N)=O)cc([C@@H](CNC(=O)c2cc(OC)c3nn(C4CC4)cc3c2)C(F)(F)F)nc1-c1c(F)ccc(F)c1F. The van der Waals surface area contributed by atoms with Gasteiger partial charge in [0.15, 0.2) is 11.6 Å². The Kier molecular flexibility index (Phi) is 8.63. The van der Waals surface area contributed by atoms with Gasteiger partial charge in [-0.05, 0) is 50.1 Å². The molecule has 0 spiro atoms. The fourth-order valence-electron chi connectivity index (χ4n) is 4.94. The lowest BCUT2D eigenvalue weighted by Gasteiger charge is -2.23. The summed E-state index contributed by atoms with van der Waals surface area (Å²) in [5.74, 6) is -9.16. The van der Waals surface area contributed by atoms with Crippen LogP contribution in [0.2, 0.25) is 0 Å². The summed E-state index contributed by atoms with van der Waals surface area (Å²) in [6.45, 7) is 0.264. The third-order valence-corrected chi connectivity index (χ3v) is 7.22. The predicted molar refractivity (Wildman–Crippen MR) is 149 cm³/mol. The maximum absolute atomic E-state index is 14.9. The van der Waals surface area contributed by atoms with Crippen LogP contribution in [0.5, 0.6) is 11.5 Å². The number of halogens is 6. The number of alkyl halides is 3. The molecular formula is C30H27F6N5O4. The average Bonchev–Trinajstić information content (AvgIpc) is 3.73. The van der Waals surface area contributed by atoms with Crippen LogP contribution in [0.25, 0.3) is 22.2 Å². The van der Waals surface area contributed by atoms with Crippen LogP contribution in [-0.2, 0) is 11.2 Å². The number of rotatable bonds is 11. The molecule has 0 bridgehead atoms. The third-order valence-electron chi connectivity index (χ3n) is 7.22. The Bertz CT molecular complexity index is 1790. The summed E-state index contributed by atoms with van der Waals surface area (Å²) in [4.78, 5) is 28.9. The van der Waals surface area contributed by atoms with Crippen LogP contribution >= 0.6 is 0 Å². The highest BCUT2D eigenvalue weighted by Gasteiger charge is 2.43. The van der Waals surface area contributed by atoms with Crippen LogP contribution in [0.15, 0.2) is 36.5 Å². The molecule has 2 aromatic heterocycles. The van der Waals surface area contributed by atoms with E-state index >= 15 is 0 Å². The molecule has 0 unspecified atom stereocenters. The van der Waals surface area contributed by atoms with E-state index in [2.05, 4.69) is 15.4 Å². The summed E-state index contributed by atoms with van der Waals surface area (Å²) in [5, 5.41) is 7.26. The third kappa shape index (κ3) is 6.51. The molecule has 0 aliphatic heterocycles. The first kappa shape index (κ1) is 31.6. The Labute approximate surface area is 252 Å². The number of pyridine rings is 1. The molecule has 0 radical (unpaired) electrons. The molecule has 1 fully saturated rings.